The highest BCUT2D eigenvalue weighted by atomic mass is 35.5. The van der Waals surface area contributed by atoms with Crippen molar-refractivity contribution < 1.29 is 5.11 Å². The van der Waals surface area contributed by atoms with E-state index in [9.17, 15) is 9.90 Å². The average Bonchev–Trinajstić information content (AvgIpc) is 2.92. The second-order valence-corrected chi connectivity index (χ2v) is 7.03. The van der Waals surface area contributed by atoms with Crippen LogP contribution in [0.3, 0.4) is 0 Å². The minimum atomic E-state index is -0.0728. The summed E-state index contributed by atoms with van der Waals surface area (Å²) in [6.45, 7) is 2.52. The molecule has 6 heteroatoms. The largest absolute Gasteiger partial charge is 0.508 e. The molecule has 2 aromatic carbocycles. The van der Waals surface area contributed by atoms with Crippen molar-refractivity contribution in [2.45, 2.75) is 25.4 Å². The van der Waals surface area contributed by atoms with Crippen LogP contribution in [0.5, 0.6) is 5.75 Å². The Hall–Kier alpha value is -2.24. The number of rotatable bonds is 3. The number of aromatic nitrogens is 2. The lowest BCUT2D eigenvalue weighted by molar-refractivity contribution is 0.178. The Morgan fingerprint density at radius 2 is 1.92 bits per heavy atom. The van der Waals surface area contributed by atoms with Crippen LogP contribution in [0.15, 0.2) is 47.3 Å². The van der Waals surface area contributed by atoms with Gasteiger partial charge in [-0.15, -0.1) is 0 Å². The molecule has 3 aromatic rings. The van der Waals surface area contributed by atoms with Crippen LogP contribution in [-0.4, -0.2) is 32.6 Å². The quantitative estimate of drug-likeness (QED) is 0.753. The van der Waals surface area contributed by atoms with E-state index in [2.05, 4.69) is 9.88 Å². The van der Waals surface area contributed by atoms with Gasteiger partial charge in [-0.25, -0.2) is 4.79 Å². The smallest absolute Gasteiger partial charge is 0.326 e. The number of halogens is 1. The highest BCUT2D eigenvalue weighted by Crippen LogP contribution is 2.27. The molecule has 1 aliphatic heterocycles. The van der Waals surface area contributed by atoms with Gasteiger partial charge in [0.15, 0.2) is 0 Å². The Bertz CT molecular complexity index is 955. The molecule has 0 saturated carbocycles. The van der Waals surface area contributed by atoms with Gasteiger partial charge in [0, 0.05) is 36.3 Å². The lowest BCUT2D eigenvalue weighted by atomic mass is 10.0. The first kappa shape index (κ1) is 16.2. The van der Waals surface area contributed by atoms with Crippen molar-refractivity contribution in [1.82, 2.24) is 14.5 Å². The summed E-state index contributed by atoms with van der Waals surface area (Å²) < 4.78 is 1.86. The highest BCUT2D eigenvalue weighted by Gasteiger charge is 2.24. The number of phenols is 1. The van der Waals surface area contributed by atoms with Gasteiger partial charge in [0.2, 0.25) is 0 Å². The van der Waals surface area contributed by atoms with Crippen molar-refractivity contribution in [3.63, 3.8) is 0 Å². The minimum Gasteiger partial charge on any atom is -0.508 e. The summed E-state index contributed by atoms with van der Waals surface area (Å²) in [5.74, 6) is 0.342. The zero-order valence-electron chi connectivity index (χ0n) is 13.8. The van der Waals surface area contributed by atoms with Gasteiger partial charge < -0.3 is 10.1 Å². The molecule has 1 fully saturated rings. The molecule has 0 amide bonds. The third-order valence-corrected chi connectivity index (χ3v) is 5.22. The summed E-state index contributed by atoms with van der Waals surface area (Å²) in [7, 11) is 0. The molecule has 0 radical (unpaired) electrons. The second-order valence-electron chi connectivity index (χ2n) is 6.60. The van der Waals surface area contributed by atoms with Gasteiger partial charge in [-0.3, -0.25) is 9.47 Å². The number of likely N-dealkylation sites (tertiary alicyclic amines) is 1. The number of aromatic hydroxyl groups is 1. The van der Waals surface area contributed by atoms with Crippen LogP contribution in [0, 0.1) is 0 Å². The number of fused-ring (bicyclic) bond motifs is 1. The lowest BCUT2D eigenvalue weighted by Gasteiger charge is -2.32. The normalized spacial score (nSPS) is 16.5. The van der Waals surface area contributed by atoms with Crippen LogP contribution in [0.4, 0.5) is 0 Å². The van der Waals surface area contributed by atoms with Gasteiger partial charge in [-0.2, -0.15) is 0 Å². The van der Waals surface area contributed by atoms with Crippen LogP contribution in [0.25, 0.3) is 11.0 Å². The molecule has 0 unspecified atom stereocenters. The third kappa shape index (κ3) is 3.17. The van der Waals surface area contributed by atoms with Crippen LogP contribution < -0.4 is 5.69 Å². The molecule has 5 nitrogen and oxygen atoms in total. The number of imidazole rings is 1. The maximum atomic E-state index is 12.4. The first-order valence-electron chi connectivity index (χ1n) is 8.51. The average molecular weight is 358 g/mol. The van der Waals surface area contributed by atoms with Gasteiger partial charge >= 0.3 is 5.69 Å². The van der Waals surface area contributed by atoms with Gasteiger partial charge in [0.05, 0.1) is 11.0 Å². The first-order valence-corrected chi connectivity index (χ1v) is 8.88. The van der Waals surface area contributed by atoms with Crippen LogP contribution in [0.2, 0.25) is 5.02 Å². The number of hydrogen-bond acceptors (Lipinski definition) is 3. The van der Waals surface area contributed by atoms with E-state index in [1.54, 1.807) is 12.1 Å². The number of nitrogens with zero attached hydrogens (tertiary/aromatic N) is 2. The van der Waals surface area contributed by atoms with E-state index in [-0.39, 0.29) is 11.7 Å². The molecule has 130 valence electrons. The number of hydrogen-bond donors (Lipinski definition) is 2. The van der Waals surface area contributed by atoms with Gasteiger partial charge in [0.1, 0.15) is 5.75 Å². The van der Waals surface area contributed by atoms with E-state index in [1.165, 1.54) is 0 Å². The van der Waals surface area contributed by atoms with Crippen molar-refractivity contribution in [3.05, 3.63) is 63.5 Å². The minimum absolute atomic E-state index is 0.0728. The number of para-hydroxylation sites is 1. The summed E-state index contributed by atoms with van der Waals surface area (Å²) in [5, 5.41) is 10.6. The Kier molecular flexibility index (Phi) is 4.27. The van der Waals surface area contributed by atoms with Crippen LogP contribution in [-0.2, 0) is 6.54 Å². The number of piperidine rings is 1. The summed E-state index contributed by atoms with van der Waals surface area (Å²) in [6, 6.07) is 13.2. The fraction of sp³-hybridized carbons (Fsp3) is 0.316. The summed E-state index contributed by atoms with van der Waals surface area (Å²) in [6.07, 6.45) is 1.81. The van der Waals surface area contributed by atoms with Crippen molar-refractivity contribution in [2.75, 3.05) is 13.1 Å². The second kappa shape index (κ2) is 6.58. The van der Waals surface area contributed by atoms with E-state index >= 15 is 0 Å². The zero-order valence-corrected chi connectivity index (χ0v) is 14.5. The molecule has 0 atom stereocenters. The molecular weight excluding hydrogens is 338 g/mol. The van der Waals surface area contributed by atoms with E-state index < -0.39 is 0 Å². The van der Waals surface area contributed by atoms with Crippen molar-refractivity contribution in [2.24, 2.45) is 0 Å². The molecule has 2 heterocycles. The monoisotopic (exact) mass is 357 g/mol. The Balaban J connectivity index is 1.50. The van der Waals surface area contributed by atoms with E-state index in [0.29, 0.717) is 10.8 Å². The highest BCUT2D eigenvalue weighted by molar-refractivity contribution is 6.31. The lowest BCUT2D eigenvalue weighted by Crippen LogP contribution is -2.36. The van der Waals surface area contributed by atoms with Gasteiger partial charge in [-0.05, 0) is 37.1 Å². The molecular formula is C19H20ClN3O2. The molecule has 0 aliphatic carbocycles. The van der Waals surface area contributed by atoms with Gasteiger partial charge in [-0.1, -0.05) is 29.8 Å². The summed E-state index contributed by atoms with van der Waals surface area (Å²) in [4.78, 5) is 17.6. The maximum Gasteiger partial charge on any atom is 0.326 e. The molecule has 1 aliphatic rings. The molecule has 4 rings (SSSR count). The number of H-pyrrole nitrogens is 1. The zero-order chi connectivity index (χ0) is 17.4. The molecule has 1 saturated heterocycles. The van der Waals surface area contributed by atoms with Crippen LogP contribution in [0.1, 0.15) is 24.4 Å². The molecule has 2 N–H and O–H groups in total. The van der Waals surface area contributed by atoms with E-state index in [4.69, 9.17) is 11.6 Å². The molecule has 0 spiro atoms. The Morgan fingerprint density at radius 1 is 1.16 bits per heavy atom. The molecule has 1 aromatic heterocycles. The summed E-state index contributed by atoms with van der Waals surface area (Å²) >= 11 is 6.02. The van der Waals surface area contributed by atoms with E-state index in [0.717, 1.165) is 49.1 Å². The number of benzene rings is 2. The SMILES string of the molecule is O=c1[nH]c2cc(Cl)ccc2n1C1CCN(Cc2ccccc2O)CC1. The van der Waals surface area contributed by atoms with Crippen LogP contribution >= 0.6 is 11.6 Å². The topological polar surface area (TPSA) is 61.3 Å². The number of phenolic OH excluding ortho intramolecular Hbond substituents is 1. The first-order chi connectivity index (χ1) is 12.1. The van der Waals surface area contributed by atoms with Gasteiger partial charge in [0.25, 0.3) is 0 Å². The van der Waals surface area contributed by atoms with E-state index in [1.807, 2.05) is 34.9 Å². The molecule has 0 bridgehead atoms. The van der Waals surface area contributed by atoms with Crippen molar-refractivity contribution >= 4 is 22.6 Å². The number of aromatic amines is 1. The predicted octanol–water partition coefficient (Wildman–Crippen LogP) is 3.53. The predicted molar refractivity (Wildman–Crippen MR) is 99.2 cm³/mol. The summed E-state index contributed by atoms with van der Waals surface area (Å²) in [5.41, 5.74) is 2.57. The Labute approximate surface area is 150 Å². The number of nitrogens with one attached hydrogen (secondary N) is 1. The van der Waals surface area contributed by atoms with Crippen molar-refractivity contribution in [3.8, 4) is 5.75 Å². The third-order valence-electron chi connectivity index (χ3n) is 4.99. The van der Waals surface area contributed by atoms with Crippen molar-refractivity contribution in [1.29, 1.82) is 0 Å². The maximum absolute atomic E-state index is 12.4. The fourth-order valence-corrected chi connectivity index (χ4v) is 3.86. The fourth-order valence-electron chi connectivity index (χ4n) is 3.69. The standard InChI is InChI=1S/C19H20ClN3O2/c20-14-5-6-17-16(11-14)21-19(25)23(17)15-7-9-22(10-8-15)12-13-3-1-2-4-18(13)24/h1-6,11,15,24H,7-10,12H2,(H,21,25). The molecule has 25 heavy (non-hydrogen) atoms. The Morgan fingerprint density at radius 3 is 2.68 bits per heavy atom.